The van der Waals surface area contributed by atoms with Crippen LogP contribution in [0.15, 0.2) is 90.9 Å². The van der Waals surface area contributed by atoms with Crippen molar-refractivity contribution < 1.29 is 38.1 Å². The topological polar surface area (TPSA) is 97.4 Å². The summed E-state index contributed by atoms with van der Waals surface area (Å²) in [4.78, 5) is 35.6. The van der Waals surface area contributed by atoms with E-state index in [-0.39, 0.29) is 0 Å². The van der Waals surface area contributed by atoms with E-state index in [0.29, 0.717) is 48.9 Å². The van der Waals surface area contributed by atoms with Crippen LogP contribution in [0.5, 0.6) is 11.5 Å². The SMILES string of the molecule is C=CC(=O)OCCCCCCOc1ccc(C(=O)OC2=CC=C(OC(=O)/C=C/c3ccc(OC)cc3)CC2)cc1. The summed E-state index contributed by atoms with van der Waals surface area (Å²) in [6.07, 6.45) is 11.9. The second-order valence-electron chi connectivity index (χ2n) is 8.84. The molecule has 1 aliphatic carbocycles. The van der Waals surface area contributed by atoms with Crippen LogP contribution in [-0.2, 0) is 23.8 Å². The van der Waals surface area contributed by atoms with Gasteiger partial charge in [0.05, 0.1) is 25.9 Å². The van der Waals surface area contributed by atoms with Gasteiger partial charge < -0.3 is 23.7 Å². The first-order valence-electron chi connectivity index (χ1n) is 13.1. The number of allylic oxidation sites excluding steroid dienone is 4. The number of hydrogen-bond acceptors (Lipinski definition) is 8. The zero-order valence-electron chi connectivity index (χ0n) is 22.6. The number of carbonyl (C=O) groups is 3. The number of methoxy groups -OCH3 is 1. The van der Waals surface area contributed by atoms with E-state index < -0.39 is 17.9 Å². The second-order valence-corrected chi connectivity index (χ2v) is 8.84. The molecule has 0 heterocycles. The molecule has 0 aliphatic heterocycles. The summed E-state index contributed by atoms with van der Waals surface area (Å²) in [5.74, 6) is 1.06. The molecular weight excluding hydrogens is 512 g/mol. The van der Waals surface area contributed by atoms with Gasteiger partial charge in [0.2, 0.25) is 0 Å². The minimum absolute atomic E-state index is 0.398. The highest BCUT2D eigenvalue weighted by Gasteiger charge is 2.15. The molecule has 8 heteroatoms. The summed E-state index contributed by atoms with van der Waals surface area (Å²) >= 11 is 0. The van der Waals surface area contributed by atoms with Crippen molar-refractivity contribution in [3.8, 4) is 11.5 Å². The van der Waals surface area contributed by atoms with Crippen LogP contribution >= 0.6 is 0 Å². The van der Waals surface area contributed by atoms with Crippen LogP contribution in [0, 0.1) is 0 Å². The molecule has 0 N–H and O–H groups in total. The molecule has 210 valence electrons. The Morgan fingerprint density at radius 2 is 1.40 bits per heavy atom. The Morgan fingerprint density at radius 1 is 0.775 bits per heavy atom. The number of unbranched alkanes of at least 4 members (excludes halogenated alkanes) is 3. The molecule has 0 saturated carbocycles. The van der Waals surface area contributed by atoms with Crippen LogP contribution in [0.25, 0.3) is 6.08 Å². The highest BCUT2D eigenvalue weighted by Crippen LogP contribution is 2.22. The zero-order chi connectivity index (χ0) is 28.6. The summed E-state index contributed by atoms with van der Waals surface area (Å²) in [6.45, 7) is 4.31. The Morgan fingerprint density at radius 3 is 2.02 bits per heavy atom. The van der Waals surface area contributed by atoms with Crippen LogP contribution < -0.4 is 9.47 Å². The third-order valence-corrected chi connectivity index (χ3v) is 5.86. The van der Waals surface area contributed by atoms with E-state index in [1.807, 2.05) is 24.3 Å². The van der Waals surface area contributed by atoms with Crippen molar-refractivity contribution in [2.24, 2.45) is 0 Å². The summed E-state index contributed by atoms with van der Waals surface area (Å²) in [5.41, 5.74) is 1.26. The van der Waals surface area contributed by atoms with Crippen molar-refractivity contribution in [2.45, 2.75) is 38.5 Å². The lowest BCUT2D eigenvalue weighted by Gasteiger charge is -2.14. The molecule has 0 spiro atoms. The standard InChI is InChI=1S/C32H34O8/c1-3-30(33)38-23-7-5-4-6-22-37-27-15-11-25(12-16-27)32(35)40-29-19-17-28(18-20-29)39-31(34)21-10-24-8-13-26(36-2)14-9-24/h3,8-17,19,21H,1,4-7,18,20,22-23H2,2H3/b21-10+. The lowest BCUT2D eigenvalue weighted by atomic mass is 10.1. The van der Waals surface area contributed by atoms with Crippen LogP contribution in [-0.4, -0.2) is 38.2 Å². The van der Waals surface area contributed by atoms with Crippen LogP contribution in [0.2, 0.25) is 0 Å². The summed E-state index contributed by atoms with van der Waals surface area (Å²) in [6, 6.07) is 14.1. The normalized spacial score (nSPS) is 12.6. The number of hydrogen-bond donors (Lipinski definition) is 0. The first-order chi connectivity index (χ1) is 19.5. The second kappa shape index (κ2) is 16.4. The maximum atomic E-state index is 12.5. The zero-order valence-corrected chi connectivity index (χ0v) is 22.6. The van der Waals surface area contributed by atoms with Gasteiger partial charge in [0.15, 0.2) is 0 Å². The quantitative estimate of drug-likeness (QED) is 0.111. The Kier molecular flexibility index (Phi) is 12.3. The average molecular weight is 547 g/mol. The molecule has 0 radical (unpaired) electrons. The molecule has 3 rings (SSSR count). The minimum Gasteiger partial charge on any atom is -0.497 e. The number of benzene rings is 2. The number of ether oxygens (including phenoxy) is 5. The maximum Gasteiger partial charge on any atom is 0.343 e. The van der Waals surface area contributed by atoms with E-state index >= 15 is 0 Å². The van der Waals surface area contributed by atoms with Crippen molar-refractivity contribution in [1.82, 2.24) is 0 Å². The lowest BCUT2D eigenvalue weighted by Crippen LogP contribution is -2.09. The minimum atomic E-state index is -0.482. The molecule has 1 aliphatic rings. The van der Waals surface area contributed by atoms with Crippen molar-refractivity contribution >= 4 is 24.0 Å². The van der Waals surface area contributed by atoms with Gasteiger partial charge in [-0.3, -0.25) is 0 Å². The van der Waals surface area contributed by atoms with Gasteiger partial charge in [0.25, 0.3) is 0 Å². The van der Waals surface area contributed by atoms with Gasteiger partial charge in [-0.05, 0) is 85.9 Å². The molecule has 0 amide bonds. The van der Waals surface area contributed by atoms with Crippen molar-refractivity contribution in [3.63, 3.8) is 0 Å². The average Bonchev–Trinajstić information content (AvgIpc) is 2.98. The Balaban J connectivity index is 1.36. The molecule has 0 bridgehead atoms. The molecule has 0 saturated heterocycles. The van der Waals surface area contributed by atoms with Gasteiger partial charge in [-0.25, -0.2) is 14.4 Å². The number of rotatable bonds is 15. The third kappa shape index (κ3) is 10.6. The van der Waals surface area contributed by atoms with Crippen LogP contribution in [0.4, 0.5) is 0 Å². The smallest absolute Gasteiger partial charge is 0.343 e. The van der Waals surface area contributed by atoms with Gasteiger partial charge in [0, 0.05) is 25.0 Å². The largest absolute Gasteiger partial charge is 0.497 e. The number of carbonyl (C=O) groups excluding carboxylic acids is 3. The van der Waals surface area contributed by atoms with Gasteiger partial charge >= 0.3 is 17.9 Å². The Labute approximate surface area is 234 Å². The van der Waals surface area contributed by atoms with E-state index in [4.69, 9.17) is 23.7 Å². The monoisotopic (exact) mass is 546 g/mol. The molecular formula is C32H34O8. The fourth-order valence-corrected chi connectivity index (χ4v) is 3.66. The van der Waals surface area contributed by atoms with Gasteiger partial charge in [-0.15, -0.1) is 0 Å². The first kappa shape index (κ1) is 30.0. The van der Waals surface area contributed by atoms with Crippen molar-refractivity contribution in [1.29, 1.82) is 0 Å². The molecule has 0 unspecified atom stereocenters. The van der Waals surface area contributed by atoms with E-state index in [0.717, 1.165) is 43.1 Å². The predicted octanol–water partition coefficient (Wildman–Crippen LogP) is 6.34. The first-order valence-corrected chi connectivity index (χ1v) is 13.1. The highest BCUT2D eigenvalue weighted by atomic mass is 16.5. The molecule has 0 atom stereocenters. The molecule has 0 aromatic heterocycles. The third-order valence-electron chi connectivity index (χ3n) is 5.86. The van der Waals surface area contributed by atoms with Crippen LogP contribution in [0.1, 0.15) is 54.4 Å². The van der Waals surface area contributed by atoms with Crippen LogP contribution in [0.3, 0.4) is 0 Å². The fourth-order valence-electron chi connectivity index (χ4n) is 3.66. The maximum absolute atomic E-state index is 12.5. The lowest BCUT2D eigenvalue weighted by molar-refractivity contribution is -0.138. The Bertz CT molecular complexity index is 1240. The van der Waals surface area contributed by atoms with Crippen molar-refractivity contribution in [2.75, 3.05) is 20.3 Å². The van der Waals surface area contributed by atoms with Gasteiger partial charge in [-0.1, -0.05) is 18.7 Å². The molecule has 2 aromatic rings. The number of esters is 3. The van der Waals surface area contributed by atoms with E-state index in [1.165, 1.54) is 6.08 Å². The fraction of sp³-hybridized carbons (Fsp3) is 0.281. The van der Waals surface area contributed by atoms with Crippen molar-refractivity contribution in [3.05, 3.63) is 102 Å². The molecule has 8 nitrogen and oxygen atoms in total. The molecule has 40 heavy (non-hydrogen) atoms. The van der Waals surface area contributed by atoms with E-state index in [1.54, 1.807) is 49.6 Å². The van der Waals surface area contributed by atoms with E-state index in [2.05, 4.69) is 6.58 Å². The Hall–Kier alpha value is -4.59. The molecule has 2 aromatic carbocycles. The molecule has 0 fully saturated rings. The van der Waals surface area contributed by atoms with E-state index in [9.17, 15) is 14.4 Å². The summed E-state index contributed by atoms with van der Waals surface area (Å²) in [7, 11) is 1.59. The summed E-state index contributed by atoms with van der Waals surface area (Å²) < 4.78 is 26.7. The highest BCUT2D eigenvalue weighted by molar-refractivity contribution is 5.90. The van der Waals surface area contributed by atoms with Gasteiger partial charge in [-0.2, -0.15) is 0 Å². The van der Waals surface area contributed by atoms with Gasteiger partial charge in [0.1, 0.15) is 23.0 Å². The predicted molar refractivity (Wildman–Crippen MR) is 150 cm³/mol. The summed E-state index contributed by atoms with van der Waals surface area (Å²) in [5, 5.41) is 0.